The Labute approximate surface area is 136 Å². The Kier molecular flexibility index (Phi) is 5.32. The van der Waals surface area contributed by atoms with Gasteiger partial charge in [-0.1, -0.05) is 11.6 Å². The quantitative estimate of drug-likeness (QED) is 0.743. The zero-order valence-corrected chi connectivity index (χ0v) is 13.9. The standard InChI is InChI=1S/C16H24ClN3O2/c1-16(2,18)10-20-7-5-11(6-8-20)15(22)19-13-9-12(17)3-4-14(13)21/h3-4,9,11,21H,5-8,10,18H2,1-2H3,(H,19,22). The van der Waals surface area contributed by atoms with Gasteiger partial charge in [0.25, 0.3) is 0 Å². The average molecular weight is 326 g/mol. The van der Waals surface area contributed by atoms with Crippen LogP contribution in [-0.2, 0) is 4.79 Å². The molecule has 0 aliphatic carbocycles. The number of rotatable bonds is 4. The van der Waals surface area contributed by atoms with E-state index in [4.69, 9.17) is 17.3 Å². The molecule has 1 aliphatic heterocycles. The van der Waals surface area contributed by atoms with Crippen LogP contribution in [0.4, 0.5) is 5.69 Å². The van der Waals surface area contributed by atoms with Crippen LogP contribution in [-0.4, -0.2) is 41.1 Å². The molecule has 0 atom stereocenters. The number of benzene rings is 1. The molecule has 0 bridgehead atoms. The molecule has 22 heavy (non-hydrogen) atoms. The van der Waals surface area contributed by atoms with Gasteiger partial charge in [-0.05, 0) is 58.0 Å². The number of phenolic OH excluding ortho intramolecular Hbond substituents is 1. The Morgan fingerprint density at radius 2 is 2.09 bits per heavy atom. The predicted octanol–water partition coefficient (Wildman–Crippen LogP) is 2.43. The number of likely N-dealkylation sites (tertiary alicyclic amines) is 1. The number of anilines is 1. The fraction of sp³-hybridized carbons (Fsp3) is 0.562. The minimum Gasteiger partial charge on any atom is -0.506 e. The van der Waals surface area contributed by atoms with Crippen molar-refractivity contribution in [3.8, 4) is 5.75 Å². The Balaban J connectivity index is 1.89. The molecule has 0 radical (unpaired) electrons. The number of nitrogens with zero attached hydrogens (tertiary/aromatic N) is 1. The van der Waals surface area contributed by atoms with Crippen molar-refractivity contribution in [2.45, 2.75) is 32.2 Å². The predicted molar refractivity (Wildman–Crippen MR) is 89.2 cm³/mol. The molecule has 1 saturated heterocycles. The number of nitrogens with one attached hydrogen (secondary N) is 1. The van der Waals surface area contributed by atoms with Crippen molar-refractivity contribution in [2.24, 2.45) is 11.7 Å². The first kappa shape index (κ1) is 17.1. The van der Waals surface area contributed by atoms with Gasteiger partial charge in [-0.2, -0.15) is 0 Å². The minimum atomic E-state index is -0.221. The van der Waals surface area contributed by atoms with E-state index < -0.39 is 0 Å². The largest absolute Gasteiger partial charge is 0.506 e. The van der Waals surface area contributed by atoms with E-state index in [1.54, 1.807) is 12.1 Å². The van der Waals surface area contributed by atoms with Gasteiger partial charge in [0.1, 0.15) is 5.75 Å². The molecule has 1 heterocycles. The highest BCUT2D eigenvalue weighted by atomic mass is 35.5. The van der Waals surface area contributed by atoms with Gasteiger partial charge in [-0.3, -0.25) is 4.79 Å². The van der Waals surface area contributed by atoms with Crippen molar-refractivity contribution in [1.29, 1.82) is 0 Å². The lowest BCUT2D eigenvalue weighted by atomic mass is 9.94. The van der Waals surface area contributed by atoms with Crippen LogP contribution in [0.2, 0.25) is 5.02 Å². The van der Waals surface area contributed by atoms with Crippen LogP contribution in [0.3, 0.4) is 0 Å². The van der Waals surface area contributed by atoms with Crippen LogP contribution in [0.15, 0.2) is 18.2 Å². The molecule has 1 fully saturated rings. The molecule has 0 unspecified atom stereocenters. The van der Waals surface area contributed by atoms with E-state index in [2.05, 4.69) is 10.2 Å². The maximum atomic E-state index is 12.3. The highest BCUT2D eigenvalue weighted by molar-refractivity contribution is 6.31. The molecule has 6 heteroatoms. The second-order valence-electron chi connectivity index (χ2n) is 6.69. The van der Waals surface area contributed by atoms with Gasteiger partial charge in [-0.25, -0.2) is 0 Å². The van der Waals surface area contributed by atoms with E-state index in [-0.39, 0.29) is 23.1 Å². The fourth-order valence-electron chi connectivity index (χ4n) is 2.77. The molecule has 1 aliphatic rings. The first-order valence-electron chi connectivity index (χ1n) is 7.55. The highest BCUT2D eigenvalue weighted by Crippen LogP contribution is 2.28. The van der Waals surface area contributed by atoms with Crippen molar-refractivity contribution < 1.29 is 9.90 Å². The first-order valence-corrected chi connectivity index (χ1v) is 7.93. The Hall–Kier alpha value is -1.30. The second kappa shape index (κ2) is 6.86. The van der Waals surface area contributed by atoms with Crippen LogP contribution >= 0.6 is 11.6 Å². The van der Waals surface area contributed by atoms with Gasteiger partial charge in [-0.15, -0.1) is 0 Å². The second-order valence-corrected chi connectivity index (χ2v) is 7.13. The van der Waals surface area contributed by atoms with Gasteiger partial charge in [0.15, 0.2) is 0 Å². The number of carbonyl (C=O) groups is 1. The lowest BCUT2D eigenvalue weighted by Gasteiger charge is -2.35. The normalized spacial score (nSPS) is 17.5. The van der Waals surface area contributed by atoms with E-state index in [0.717, 1.165) is 32.5 Å². The zero-order chi connectivity index (χ0) is 16.3. The van der Waals surface area contributed by atoms with Gasteiger partial charge in [0, 0.05) is 23.0 Å². The molecule has 1 aromatic carbocycles. The van der Waals surface area contributed by atoms with Gasteiger partial charge in [0.2, 0.25) is 5.91 Å². The first-order chi connectivity index (χ1) is 10.2. The zero-order valence-electron chi connectivity index (χ0n) is 13.1. The maximum Gasteiger partial charge on any atom is 0.227 e. The lowest BCUT2D eigenvalue weighted by Crippen LogP contribution is -2.48. The number of hydrogen-bond donors (Lipinski definition) is 3. The smallest absolute Gasteiger partial charge is 0.227 e. The van der Waals surface area contributed by atoms with Crippen molar-refractivity contribution in [2.75, 3.05) is 25.0 Å². The average Bonchev–Trinajstić information content (AvgIpc) is 2.42. The molecular formula is C16H24ClN3O2. The number of aromatic hydroxyl groups is 1. The summed E-state index contributed by atoms with van der Waals surface area (Å²) in [6.45, 7) is 6.57. The number of phenols is 1. The topological polar surface area (TPSA) is 78.6 Å². The summed E-state index contributed by atoms with van der Waals surface area (Å²) >= 11 is 5.89. The number of nitrogens with two attached hydrogens (primary N) is 1. The van der Waals surface area contributed by atoms with Gasteiger partial charge in [0.05, 0.1) is 5.69 Å². The van der Waals surface area contributed by atoms with E-state index in [1.807, 2.05) is 13.8 Å². The molecule has 1 aromatic rings. The summed E-state index contributed by atoms with van der Waals surface area (Å²) in [5, 5.41) is 13.0. The summed E-state index contributed by atoms with van der Waals surface area (Å²) in [7, 11) is 0. The molecular weight excluding hydrogens is 302 g/mol. The molecule has 2 rings (SSSR count). The van der Waals surface area contributed by atoms with E-state index in [1.165, 1.54) is 6.07 Å². The van der Waals surface area contributed by atoms with Crippen molar-refractivity contribution in [3.63, 3.8) is 0 Å². The third-order valence-corrected chi connectivity index (χ3v) is 4.04. The SMILES string of the molecule is CC(C)(N)CN1CCC(C(=O)Nc2cc(Cl)ccc2O)CC1. The Morgan fingerprint density at radius 1 is 1.45 bits per heavy atom. The molecule has 0 aromatic heterocycles. The van der Waals surface area contributed by atoms with Crippen LogP contribution in [0.1, 0.15) is 26.7 Å². The monoisotopic (exact) mass is 325 g/mol. The summed E-state index contributed by atoms with van der Waals surface area (Å²) in [4.78, 5) is 14.6. The number of carbonyl (C=O) groups excluding carboxylic acids is 1. The molecule has 4 N–H and O–H groups in total. The number of halogens is 1. The van der Waals surface area contributed by atoms with Crippen molar-refractivity contribution in [3.05, 3.63) is 23.2 Å². The molecule has 5 nitrogen and oxygen atoms in total. The van der Waals surface area contributed by atoms with Crippen molar-refractivity contribution in [1.82, 2.24) is 4.90 Å². The molecule has 1 amide bonds. The maximum absolute atomic E-state index is 12.3. The molecule has 122 valence electrons. The van der Waals surface area contributed by atoms with Crippen molar-refractivity contribution >= 4 is 23.2 Å². The van der Waals surface area contributed by atoms with Crippen LogP contribution < -0.4 is 11.1 Å². The summed E-state index contributed by atoms with van der Waals surface area (Å²) < 4.78 is 0. The number of piperidine rings is 1. The number of amides is 1. The molecule has 0 saturated carbocycles. The minimum absolute atomic E-state index is 0.0278. The van der Waals surface area contributed by atoms with Crippen LogP contribution in [0.25, 0.3) is 0 Å². The van der Waals surface area contributed by atoms with E-state index in [9.17, 15) is 9.90 Å². The highest BCUT2D eigenvalue weighted by Gasteiger charge is 2.27. The van der Waals surface area contributed by atoms with E-state index in [0.29, 0.717) is 10.7 Å². The Morgan fingerprint density at radius 3 is 2.68 bits per heavy atom. The Bertz CT molecular complexity index is 535. The van der Waals surface area contributed by atoms with Gasteiger partial charge >= 0.3 is 0 Å². The van der Waals surface area contributed by atoms with Crippen LogP contribution in [0.5, 0.6) is 5.75 Å². The molecule has 0 spiro atoms. The summed E-state index contributed by atoms with van der Waals surface area (Å²) in [6, 6.07) is 4.62. The third kappa shape index (κ3) is 4.87. The summed E-state index contributed by atoms with van der Waals surface area (Å²) in [5.74, 6) is -0.0835. The van der Waals surface area contributed by atoms with E-state index >= 15 is 0 Å². The summed E-state index contributed by atoms with van der Waals surface area (Å²) in [6.07, 6.45) is 1.59. The fourth-order valence-corrected chi connectivity index (χ4v) is 2.94. The summed E-state index contributed by atoms with van der Waals surface area (Å²) in [5.41, 5.74) is 6.18. The number of hydrogen-bond acceptors (Lipinski definition) is 4. The third-order valence-electron chi connectivity index (χ3n) is 3.81. The lowest BCUT2D eigenvalue weighted by molar-refractivity contribution is -0.121. The van der Waals surface area contributed by atoms with Gasteiger partial charge < -0.3 is 21.1 Å². The van der Waals surface area contributed by atoms with Crippen LogP contribution in [0, 0.1) is 5.92 Å².